The van der Waals surface area contributed by atoms with Crippen molar-refractivity contribution < 1.29 is 9.90 Å². The Labute approximate surface area is 122 Å². The fourth-order valence-corrected chi connectivity index (χ4v) is 3.83. The number of thioether (sulfide) groups is 1. The van der Waals surface area contributed by atoms with Gasteiger partial charge in [-0.2, -0.15) is 0 Å². The average molecular weight is 284 g/mol. The molecule has 1 aliphatic heterocycles. The molecule has 0 aliphatic carbocycles. The van der Waals surface area contributed by atoms with E-state index in [0.29, 0.717) is 17.3 Å². The van der Waals surface area contributed by atoms with Gasteiger partial charge >= 0.3 is 0 Å². The fraction of sp³-hybridized carbons (Fsp3) is 0.812. The molecular weight excluding hydrogens is 256 g/mol. The van der Waals surface area contributed by atoms with Crippen molar-refractivity contribution in [2.75, 3.05) is 0 Å². The van der Waals surface area contributed by atoms with E-state index in [1.807, 2.05) is 6.92 Å². The van der Waals surface area contributed by atoms with Crippen LogP contribution < -0.4 is 0 Å². The van der Waals surface area contributed by atoms with Crippen LogP contribution in [0.1, 0.15) is 72.6 Å². The van der Waals surface area contributed by atoms with Gasteiger partial charge in [-0.25, -0.2) is 0 Å². The number of aliphatic hydroxyl groups is 1. The first-order valence-electron chi connectivity index (χ1n) is 7.57. The van der Waals surface area contributed by atoms with Gasteiger partial charge in [0.1, 0.15) is 5.76 Å². The molecule has 0 radical (unpaired) electrons. The summed E-state index contributed by atoms with van der Waals surface area (Å²) in [7, 11) is 0. The van der Waals surface area contributed by atoms with Crippen LogP contribution in [0.3, 0.4) is 0 Å². The van der Waals surface area contributed by atoms with Crippen LogP contribution in [0.25, 0.3) is 0 Å². The van der Waals surface area contributed by atoms with Gasteiger partial charge < -0.3 is 5.11 Å². The molecule has 0 saturated carbocycles. The van der Waals surface area contributed by atoms with Gasteiger partial charge in [-0.3, -0.25) is 4.79 Å². The smallest absolute Gasteiger partial charge is 0.219 e. The van der Waals surface area contributed by atoms with Gasteiger partial charge in [0.2, 0.25) is 5.12 Å². The molecule has 1 N–H and O–H groups in total. The number of carbonyl (C=O) groups excluding carboxylic acids is 1. The minimum atomic E-state index is -0.398. The van der Waals surface area contributed by atoms with Gasteiger partial charge in [-0.15, -0.1) is 0 Å². The minimum absolute atomic E-state index is 0.0368. The third kappa shape index (κ3) is 4.01. The number of hydrogen-bond donors (Lipinski definition) is 1. The first kappa shape index (κ1) is 16.6. The Balaban J connectivity index is 2.38. The Morgan fingerprint density at radius 3 is 2.32 bits per heavy atom. The Kier molecular flexibility index (Phi) is 6.45. The second kappa shape index (κ2) is 7.37. The molecule has 0 saturated heterocycles. The van der Waals surface area contributed by atoms with Gasteiger partial charge in [0.25, 0.3) is 0 Å². The lowest BCUT2D eigenvalue weighted by atomic mass is 9.87. The molecule has 1 rings (SSSR count). The van der Waals surface area contributed by atoms with Gasteiger partial charge in [-0.1, -0.05) is 64.1 Å². The first-order valence-corrected chi connectivity index (χ1v) is 8.38. The van der Waals surface area contributed by atoms with Gasteiger partial charge in [-0.05, 0) is 26.2 Å². The van der Waals surface area contributed by atoms with E-state index in [-0.39, 0.29) is 5.12 Å². The minimum Gasteiger partial charge on any atom is -0.510 e. The molecule has 110 valence electrons. The first-order chi connectivity index (χ1) is 8.93. The Hall–Kier alpha value is -0.440. The molecule has 0 aromatic rings. The summed E-state index contributed by atoms with van der Waals surface area (Å²) >= 11 is 1.30. The monoisotopic (exact) mass is 284 g/mol. The van der Waals surface area contributed by atoms with Crippen molar-refractivity contribution in [2.24, 2.45) is 5.92 Å². The van der Waals surface area contributed by atoms with Gasteiger partial charge in [0.15, 0.2) is 0 Å². The predicted octanol–water partition coefficient (Wildman–Crippen LogP) is 5.24. The quantitative estimate of drug-likeness (QED) is 0.619. The zero-order valence-electron chi connectivity index (χ0n) is 12.8. The molecule has 0 aromatic carbocycles. The fourth-order valence-electron chi connectivity index (χ4n) is 2.63. The molecule has 2 unspecified atom stereocenters. The molecule has 1 aliphatic rings. The molecule has 2 nitrogen and oxygen atoms in total. The van der Waals surface area contributed by atoms with E-state index in [4.69, 9.17) is 0 Å². The van der Waals surface area contributed by atoms with Crippen LogP contribution in [0.4, 0.5) is 0 Å². The van der Waals surface area contributed by atoms with Crippen LogP contribution >= 0.6 is 11.8 Å². The van der Waals surface area contributed by atoms with Crippen molar-refractivity contribution in [1.82, 2.24) is 0 Å². The Bertz CT molecular complexity index is 349. The Morgan fingerprint density at radius 2 is 1.79 bits per heavy atom. The maximum absolute atomic E-state index is 11.7. The van der Waals surface area contributed by atoms with E-state index in [9.17, 15) is 9.90 Å². The third-order valence-electron chi connectivity index (χ3n) is 4.37. The molecule has 0 bridgehead atoms. The highest BCUT2D eigenvalue weighted by molar-refractivity contribution is 8.15. The molecule has 0 amide bonds. The van der Waals surface area contributed by atoms with E-state index >= 15 is 0 Å². The van der Waals surface area contributed by atoms with Crippen LogP contribution in [-0.4, -0.2) is 15.0 Å². The predicted molar refractivity (Wildman–Crippen MR) is 83.5 cm³/mol. The molecule has 3 heteroatoms. The van der Waals surface area contributed by atoms with E-state index in [1.54, 1.807) is 6.92 Å². The average Bonchev–Trinajstić information content (AvgIpc) is 2.58. The summed E-state index contributed by atoms with van der Waals surface area (Å²) in [5.74, 6) is 0.644. The molecule has 0 fully saturated rings. The number of carbonyl (C=O) groups is 1. The topological polar surface area (TPSA) is 37.3 Å². The van der Waals surface area contributed by atoms with E-state index in [0.717, 1.165) is 6.42 Å². The lowest BCUT2D eigenvalue weighted by Crippen LogP contribution is -2.29. The van der Waals surface area contributed by atoms with Crippen molar-refractivity contribution in [2.45, 2.75) is 77.4 Å². The molecule has 2 atom stereocenters. The van der Waals surface area contributed by atoms with Crippen LogP contribution in [0.15, 0.2) is 11.3 Å². The normalized spacial score (nSPS) is 25.2. The maximum Gasteiger partial charge on any atom is 0.219 e. The van der Waals surface area contributed by atoms with Crippen molar-refractivity contribution in [3.8, 4) is 0 Å². The summed E-state index contributed by atoms with van der Waals surface area (Å²) in [5, 5.41) is 10.2. The standard InChI is InChI=1S/C16H28O2S/c1-5-6-7-8-9-10-11-12(2)16(4)14(17)13(3)15(18)19-16/h12,17H,5-11H2,1-4H3. The second-order valence-electron chi connectivity index (χ2n) is 5.93. The van der Waals surface area contributed by atoms with E-state index in [1.165, 1.54) is 50.3 Å². The van der Waals surface area contributed by atoms with Gasteiger partial charge in [0.05, 0.1) is 4.75 Å². The summed E-state index contributed by atoms with van der Waals surface area (Å²) in [6, 6.07) is 0. The highest BCUT2D eigenvalue weighted by atomic mass is 32.2. The zero-order chi connectivity index (χ0) is 14.5. The molecular formula is C16H28O2S. The number of hydrogen-bond acceptors (Lipinski definition) is 3. The SMILES string of the molecule is CCCCCCCCC(C)C1(C)SC(=O)C(C)=C1O. The molecule has 19 heavy (non-hydrogen) atoms. The summed E-state index contributed by atoms with van der Waals surface area (Å²) in [5.41, 5.74) is 0.544. The van der Waals surface area contributed by atoms with Crippen LogP contribution in [0.2, 0.25) is 0 Å². The van der Waals surface area contributed by atoms with Crippen molar-refractivity contribution in [3.05, 3.63) is 11.3 Å². The Morgan fingerprint density at radius 1 is 1.21 bits per heavy atom. The lowest BCUT2D eigenvalue weighted by molar-refractivity contribution is -0.107. The molecule has 1 heterocycles. The summed E-state index contributed by atoms with van der Waals surface area (Å²) in [6.07, 6.45) is 8.81. The van der Waals surface area contributed by atoms with E-state index < -0.39 is 4.75 Å². The summed E-state index contributed by atoms with van der Waals surface area (Å²) in [4.78, 5) is 11.7. The van der Waals surface area contributed by atoms with Crippen molar-refractivity contribution in [3.63, 3.8) is 0 Å². The van der Waals surface area contributed by atoms with E-state index in [2.05, 4.69) is 13.8 Å². The lowest BCUT2D eigenvalue weighted by Gasteiger charge is -2.30. The van der Waals surface area contributed by atoms with Crippen molar-refractivity contribution >= 4 is 16.9 Å². The van der Waals surface area contributed by atoms with Gasteiger partial charge in [0, 0.05) is 5.57 Å². The van der Waals surface area contributed by atoms with Crippen LogP contribution in [0, 0.1) is 5.92 Å². The zero-order valence-corrected chi connectivity index (χ0v) is 13.6. The second-order valence-corrected chi connectivity index (χ2v) is 7.35. The van der Waals surface area contributed by atoms with Crippen LogP contribution in [0.5, 0.6) is 0 Å². The largest absolute Gasteiger partial charge is 0.510 e. The van der Waals surface area contributed by atoms with Crippen molar-refractivity contribution in [1.29, 1.82) is 0 Å². The third-order valence-corrected chi connectivity index (χ3v) is 5.88. The van der Waals surface area contributed by atoms with Crippen LogP contribution in [-0.2, 0) is 4.79 Å². The number of aliphatic hydroxyl groups excluding tert-OH is 1. The highest BCUT2D eigenvalue weighted by Gasteiger charge is 2.45. The number of rotatable bonds is 8. The number of unbranched alkanes of at least 4 members (excludes halogenated alkanes) is 5. The summed E-state index contributed by atoms with van der Waals surface area (Å²) < 4.78 is -0.398. The molecule has 0 spiro atoms. The molecule has 0 aromatic heterocycles. The highest BCUT2D eigenvalue weighted by Crippen LogP contribution is 2.48. The maximum atomic E-state index is 11.7. The summed E-state index contributed by atoms with van der Waals surface area (Å²) in [6.45, 7) is 8.12.